The highest BCUT2D eigenvalue weighted by Crippen LogP contribution is 2.38. The average molecular weight is 405 g/mol. The molecular weight excluding hydrogens is 387 g/mol. The lowest BCUT2D eigenvalue weighted by Gasteiger charge is -2.33. The van der Waals surface area contributed by atoms with Crippen LogP contribution in [0, 0.1) is 0 Å². The zero-order valence-electron chi connectivity index (χ0n) is 13.9. The van der Waals surface area contributed by atoms with Crippen molar-refractivity contribution in [1.29, 1.82) is 0 Å². The maximum absolute atomic E-state index is 12.9. The summed E-state index contributed by atoms with van der Waals surface area (Å²) in [6.45, 7) is 3.52. The Labute approximate surface area is 157 Å². The number of hydrogen-bond acceptors (Lipinski definition) is 8. The minimum atomic E-state index is -4.79. The van der Waals surface area contributed by atoms with Crippen molar-refractivity contribution in [1.82, 2.24) is 14.3 Å². The van der Waals surface area contributed by atoms with Gasteiger partial charge in [-0.2, -0.15) is 13.2 Å². The van der Waals surface area contributed by atoms with Gasteiger partial charge in [0.1, 0.15) is 0 Å². The van der Waals surface area contributed by atoms with Gasteiger partial charge in [0.2, 0.25) is 5.95 Å². The zero-order chi connectivity index (χ0) is 18.9. The summed E-state index contributed by atoms with van der Waals surface area (Å²) in [7, 11) is 0. The molecule has 1 aliphatic heterocycles. The Balaban J connectivity index is 1.59. The van der Waals surface area contributed by atoms with E-state index in [1.54, 1.807) is 11.9 Å². The zero-order valence-corrected chi connectivity index (χ0v) is 15.5. The largest absolute Gasteiger partial charge is 0.421 e. The lowest BCUT2D eigenvalue weighted by Crippen LogP contribution is -2.44. The second-order valence-corrected chi connectivity index (χ2v) is 8.52. The van der Waals surface area contributed by atoms with Gasteiger partial charge < -0.3 is 15.7 Å². The van der Waals surface area contributed by atoms with Crippen LogP contribution in [0.1, 0.15) is 12.5 Å². The molecule has 0 bridgehead atoms. The highest BCUT2D eigenvalue weighted by Gasteiger charge is 2.51. The van der Waals surface area contributed by atoms with Crippen LogP contribution in [0.2, 0.25) is 0 Å². The van der Waals surface area contributed by atoms with Gasteiger partial charge in [-0.3, -0.25) is 0 Å². The number of piperazine rings is 1. The van der Waals surface area contributed by atoms with Gasteiger partial charge in [0.05, 0.1) is 9.21 Å². The van der Waals surface area contributed by atoms with Gasteiger partial charge in [0, 0.05) is 44.1 Å². The Morgan fingerprint density at radius 1 is 1.15 bits per heavy atom. The topological polar surface area (TPSA) is 78.5 Å². The summed E-state index contributed by atoms with van der Waals surface area (Å²) in [6, 6.07) is 3.85. The van der Waals surface area contributed by atoms with Gasteiger partial charge in [-0.25, -0.2) is 14.3 Å². The molecule has 0 aromatic carbocycles. The van der Waals surface area contributed by atoms with E-state index in [0.29, 0.717) is 26.0 Å². The number of halogens is 3. The molecule has 0 spiro atoms. The third-order valence-electron chi connectivity index (χ3n) is 4.09. The number of aromatic nitrogens is 2. The van der Waals surface area contributed by atoms with Gasteiger partial charge in [-0.05, 0) is 31.0 Å². The van der Waals surface area contributed by atoms with Crippen LogP contribution in [0.5, 0.6) is 0 Å². The van der Waals surface area contributed by atoms with Crippen LogP contribution in [0.3, 0.4) is 0 Å². The van der Waals surface area contributed by atoms with Crippen LogP contribution in [0.25, 0.3) is 0 Å². The molecule has 0 aliphatic carbocycles. The summed E-state index contributed by atoms with van der Waals surface area (Å²) < 4.78 is 41.9. The maximum Gasteiger partial charge on any atom is 0.421 e. The van der Waals surface area contributed by atoms with Crippen LogP contribution in [-0.2, 0) is 5.60 Å². The second-order valence-electron chi connectivity index (χ2n) is 6.01. The molecule has 0 saturated carbocycles. The monoisotopic (exact) mass is 405 g/mol. The number of anilines is 2. The molecule has 142 valence electrons. The van der Waals surface area contributed by atoms with Crippen molar-refractivity contribution in [3.05, 3.63) is 30.1 Å². The Hall–Kier alpha value is -1.56. The molecule has 2 aromatic rings. The molecule has 1 fully saturated rings. The lowest BCUT2D eigenvalue weighted by molar-refractivity contribution is -0.259. The first-order valence-electron chi connectivity index (χ1n) is 7.81. The molecule has 0 radical (unpaired) electrons. The van der Waals surface area contributed by atoms with Crippen molar-refractivity contribution in [2.24, 2.45) is 0 Å². The van der Waals surface area contributed by atoms with Crippen molar-refractivity contribution in [3.8, 4) is 0 Å². The standard InChI is InChI=1S/C15H18F3N5OS2/c1-14(24,15(16,17)18)10-8-20-13(21-9-10)22-4-6-23(7-5-22)26-12-3-2-11(19)25-12/h2-3,8-9,24H,4-7,19H2,1H3. The van der Waals surface area contributed by atoms with E-state index in [1.807, 2.05) is 17.0 Å². The first-order chi connectivity index (χ1) is 12.2. The normalized spacial score (nSPS) is 18.7. The number of alkyl halides is 3. The molecule has 3 N–H and O–H groups in total. The highest BCUT2D eigenvalue weighted by molar-refractivity contribution is 7.99. The first-order valence-corrected chi connectivity index (χ1v) is 9.40. The number of nitrogens with zero attached hydrogens (tertiary/aromatic N) is 4. The molecule has 11 heteroatoms. The minimum absolute atomic E-state index is 0.358. The molecule has 1 unspecified atom stereocenters. The van der Waals surface area contributed by atoms with Crippen molar-refractivity contribution in [2.75, 3.05) is 36.8 Å². The summed E-state index contributed by atoms with van der Waals surface area (Å²) in [4.78, 5) is 9.93. The van der Waals surface area contributed by atoms with Crippen molar-refractivity contribution in [3.63, 3.8) is 0 Å². The fourth-order valence-electron chi connectivity index (χ4n) is 2.39. The van der Waals surface area contributed by atoms with Gasteiger partial charge >= 0.3 is 6.18 Å². The Bertz CT molecular complexity index is 742. The number of nitrogen functional groups attached to an aromatic ring is 1. The first kappa shape index (κ1) is 19.2. The number of aliphatic hydroxyl groups is 1. The Morgan fingerprint density at radius 3 is 2.27 bits per heavy atom. The highest BCUT2D eigenvalue weighted by atomic mass is 32.2. The van der Waals surface area contributed by atoms with Crippen LogP contribution in [-0.4, -0.2) is 51.7 Å². The van der Waals surface area contributed by atoms with Crippen molar-refractivity contribution >= 4 is 34.2 Å². The van der Waals surface area contributed by atoms with E-state index in [9.17, 15) is 18.3 Å². The molecule has 1 atom stereocenters. The number of thiophene rings is 1. The molecule has 26 heavy (non-hydrogen) atoms. The van der Waals surface area contributed by atoms with Crippen LogP contribution in [0.15, 0.2) is 28.7 Å². The molecule has 3 heterocycles. The van der Waals surface area contributed by atoms with E-state index < -0.39 is 11.8 Å². The minimum Gasteiger partial charge on any atom is -0.391 e. The smallest absolute Gasteiger partial charge is 0.391 e. The molecule has 3 rings (SSSR count). The van der Waals surface area contributed by atoms with E-state index in [1.165, 1.54) is 11.3 Å². The third-order valence-corrected chi connectivity index (χ3v) is 6.22. The summed E-state index contributed by atoms with van der Waals surface area (Å²) >= 11 is 3.17. The predicted molar refractivity (Wildman–Crippen MR) is 96.0 cm³/mol. The van der Waals surface area contributed by atoms with Crippen LogP contribution >= 0.6 is 23.3 Å². The molecule has 1 saturated heterocycles. The van der Waals surface area contributed by atoms with E-state index in [0.717, 1.165) is 34.7 Å². The van der Waals surface area contributed by atoms with E-state index in [-0.39, 0.29) is 5.56 Å². The molecule has 6 nitrogen and oxygen atoms in total. The van der Waals surface area contributed by atoms with Crippen LogP contribution < -0.4 is 10.6 Å². The molecule has 1 aliphatic rings. The van der Waals surface area contributed by atoms with E-state index in [2.05, 4.69) is 14.3 Å². The van der Waals surface area contributed by atoms with E-state index in [4.69, 9.17) is 5.73 Å². The summed E-state index contributed by atoms with van der Waals surface area (Å²) in [6.07, 6.45) is -2.72. The second kappa shape index (κ2) is 7.22. The van der Waals surface area contributed by atoms with Gasteiger partial charge in [0.15, 0.2) is 5.60 Å². The number of hydrogen-bond donors (Lipinski definition) is 2. The van der Waals surface area contributed by atoms with Gasteiger partial charge in [-0.1, -0.05) is 0 Å². The van der Waals surface area contributed by atoms with Crippen LogP contribution in [0.4, 0.5) is 24.1 Å². The third kappa shape index (κ3) is 4.05. The Morgan fingerprint density at radius 2 is 1.77 bits per heavy atom. The lowest BCUT2D eigenvalue weighted by atomic mass is 9.99. The van der Waals surface area contributed by atoms with Crippen molar-refractivity contribution < 1.29 is 18.3 Å². The number of nitrogens with two attached hydrogens (primary N) is 1. The summed E-state index contributed by atoms with van der Waals surface area (Å²) in [5.41, 5.74) is 2.38. The van der Waals surface area contributed by atoms with E-state index >= 15 is 0 Å². The fourth-order valence-corrected chi connectivity index (χ4v) is 4.38. The summed E-state index contributed by atoms with van der Waals surface area (Å²) in [5.74, 6) is 0.358. The average Bonchev–Trinajstić information content (AvgIpc) is 2.99. The SMILES string of the molecule is CC(O)(c1cnc(N2CCN(Sc3ccc(N)s3)CC2)nc1)C(F)(F)F. The number of rotatable bonds is 4. The molecule has 2 aromatic heterocycles. The molecular formula is C15H18F3N5OS2. The predicted octanol–water partition coefficient (Wildman–Crippen LogP) is 2.72. The quantitative estimate of drug-likeness (QED) is 0.758. The van der Waals surface area contributed by atoms with Gasteiger partial charge in [-0.15, -0.1) is 11.3 Å². The fraction of sp³-hybridized carbons (Fsp3) is 0.467. The Kier molecular flexibility index (Phi) is 5.33. The van der Waals surface area contributed by atoms with Gasteiger partial charge in [0.25, 0.3) is 0 Å². The van der Waals surface area contributed by atoms with Crippen molar-refractivity contribution in [2.45, 2.75) is 22.9 Å². The molecule has 0 amide bonds. The summed E-state index contributed by atoms with van der Waals surface area (Å²) in [5, 5.41) is 10.4. The maximum atomic E-state index is 12.9.